The topological polar surface area (TPSA) is 75.3 Å². The smallest absolute Gasteiger partial charge is 0.337 e. The molecule has 0 unspecified atom stereocenters. The third-order valence-corrected chi connectivity index (χ3v) is 7.03. The molecule has 4 nitrogen and oxygen atoms in total. The van der Waals surface area contributed by atoms with Gasteiger partial charge in [0.15, 0.2) is 0 Å². The van der Waals surface area contributed by atoms with Crippen LogP contribution in [0.1, 0.15) is 64.7 Å². The van der Waals surface area contributed by atoms with E-state index in [9.17, 15) is 9.90 Å². The summed E-state index contributed by atoms with van der Waals surface area (Å²) < 4.78 is 0. The van der Waals surface area contributed by atoms with E-state index >= 15 is 0 Å². The molecule has 2 aliphatic carbocycles. The number of aryl methyl sites for hydroxylation is 1. The second kappa shape index (κ2) is 5.94. The van der Waals surface area contributed by atoms with E-state index in [0.717, 1.165) is 48.1 Å². The first kappa shape index (κ1) is 16.8. The highest BCUT2D eigenvalue weighted by Gasteiger charge is 2.34. The Balaban J connectivity index is 1.90. The van der Waals surface area contributed by atoms with Crippen molar-refractivity contribution in [2.45, 2.75) is 52.0 Å². The lowest BCUT2D eigenvalue weighted by molar-refractivity contribution is 0.0696. The first-order chi connectivity index (χ1) is 11.9. The Labute approximate surface area is 152 Å². The second-order valence-corrected chi connectivity index (χ2v) is 9.09. The number of hydrogen-bond acceptors (Lipinski definition) is 4. The highest BCUT2D eigenvalue weighted by atomic mass is 32.1. The van der Waals surface area contributed by atoms with Gasteiger partial charge in [-0.3, -0.25) is 11.3 Å². The summed E-state index contributed by atoms with van der Waals surface area (Å²) in [7, 11) is 0. The summed E-state index contributed by atoms with van der Waals surface area (Å²) in [6, 6.07) is 6.37. The van der Waals surface area contributed by atoms with Crippen molar-refractivity contribution in [3.05, 3.63) is 45.3 Å². The van der Waals surface area contributed by atoms with Crippen LogP contribution in [0.5, 0.6) is 0 Å². The van der Waals surface area contributed by atoms with E-state index in [0.29, 0.717) is 5.56 Å². The van der Waals surface area contributed by atoms with Crippen molar-refractivity contribution in [2.75, 3.05) is 0 Å². The van der Waals surface area contributed by atoms with Crippen LogP contribution in [0.3, 0.4) is 0 Å². The molecule has 1 aromatic heterocycles. The molecule has 4 rings (SSSR count). The number of rotatable bonds is 3. The van der Waals surface area contributed by atoms with Gasteiger partial charge in [-0.2, -0.15) is 0 Å². The molecule has 0 amide bonds. The van der Waals surface area contributed by atoms with Crippen molar-refractivity contribution >= 4 is 17.3 Å². The molecule has 0 bridgehead atoms. The number of carboxylic acid groups (broad SMARTS) is 1. The number of benzene rings is 1. The molecule has 4 N–H and O–H groups in total. The molecule has 0 aliphatic heterocycles. The molecule has 1 atom stereocenters. The van der Waals surface area contributed by atoms with Gasteiger partial charge >= 0.3 is 5.97 Å². The number of carbonyl (C=O) groups is 1. The standard InChI is InChI=1S/C20H24N2O2S/c1-20(2)9-8-16-14(10-20)17(19(23)24)18(25-16)13-5-3-4-12-11(13)6-7-15(12)22-21/h3-5,15,22H,6-10,21H2,1-2H3,(H,23,24)/t15-/m1/s1. The van der Waals surface area contributed by atoms with Gasteiger partial charge in [0.2, 0.25) is 0 Å². The van der Waals surface area contributed by atoms with Crippen molar-refractivity contribution in [3.8, 4) is 10.4 Å². The van der Waals surface area contributed by atoms with Crippen LogP contribution >= 0.6 is 11.3 Å². The number of fused-ring (bicyclic) bond motifs is 2. The largest absolute Gasteiger partial charge is 0.478 e. The summed E-state index contributed by atoms with van der Waals surface area (Å²) >= 11 is 1.69. The van der Waals surface area contributed by atoms with Crippen LogP contribution in [-0.2, 0) is 19.3 Å². The molecule has 0 fully saturated rings. The summed E-state index contributed by atoms with van der Waals surface area (Å²) in [5.74, 6) is 4.89. The average molecular weight is 356 g/mol. The van der Waals surface area contributed by atoms with Crippen LogP contribution in [0.4, 0.5) is 0 Å². The van der Waals surface area contributed by atoms with Crippen LogP contribution in [-0.4, -0.2) is 11.1 Å². The quantitative estimate of drug-likeness (QED) is 0.572. The third-order valence-electron chi connectivity index (χ3n) is 5.71. The van der Waals surface area contributed by atoms with E-state index < -0.39 is 5.97 Å². The van der Waals surface area contributed by atoms with Crippen LogP contribution in [0, 0.1) is 5.41 Å². The van der Waals surface area contributed by atoms with E-state index in [1.165, 1.54) is 16.0 Å². The number of nitrogens with one attached hydrogen (secondary N) is 1. The number of aromatic carboxylic acids is 1. The lowest BCUT2D eigenvalue weighted by Crippen LogP contribution is -2.26. The number of nitrogens with two attached hydrogens (primary N) is 1. The van der Waals surface area contributed by atoms with Gasteiger partial charge in [0.25, 0.3) is 0 Å². The van der Waals surface area contributed by atoms with Gasteiger partial charge in [-0.1, -0.05) is 32.0 Å². The Morgan fingerprint density at radius 3 is 2.84 bits per heavy atom. The van der Waals surface area contributed by atoms with E-state index in [4.69, 9.17) is 5.84 Å². The lowest BCUT2D eigenvalue weighted by Gasteiger charge is -2.29. The minimum atomic E-state index is -0.797. The first-order valence-corrected chi connectivity index (χ1v) is 9.69. The monoisotopic (exact) mass is 356 g/mol. The molecule has 0 spiro atoms. The van der Waals surface area contributed by atoms with Crippen molar-refractivity contribution in [3.63, 3.8) is 0 Å². The van der Waals surface area contributed by atoms with Crippen molar-refractivity contribution < 1.29 is 9.90 Å². The van der Waals surface area contributed by atoms with Gasteiger partial charge in [-0.15, -0.1) is 11.3 Å². The van der Waals surface area contributed by atoms with Gasteiger partial charge in [-0.05, 0) is 59.8 Å². The fourth-order valence-electron chi connectivity index (χ4n) is 4.38. The fraction of sp³-hybridized carbons (Fsp3) is 0.450. The normalized spacial score (nSPS) is 21.0. The lowest BCUT2D eigenvalue weighted by atomic mass is 9.76. The van der Waals surface area contributed by atoms with Crippen molar-refractivity contribution in [2.24, 2.45) is 11.3 Å². The van der Waals surface area contributed by atoms with Gasteiger partial charge < -0.3 is 5.11 Å². The zero-order chi connectivity index (χ0) is 17.8. The molecule has 0 saturated carbocycles. The van der Waals surface area contributed by atoms with Crippen LogP contribution in [0.15, 0.2) is 18.2 Å². The second-order valence-electron chi connectivity index (χ2n) is 7.99. The predicted molar refractivity (Wildman–Crippen MR) is 101 cm³/mol. The summed E-state index contributed by atoms with van der Waals surface area (Å²) in [6.07, 6.45) is 4.85. The van der Waals surface area contributed by atoms with Crippen LogP contribution < -0.4 is 11.3 Å². The van der Waals surface area contributed by atoms with Gasteiger partial charge in [0.05, 0.1) is 5.56 Å². The van der Waals surface area contributed by atoms with E-state index in [2.05, 4.69) is 31.4 Å². The van der Waals surface area contributed by atoms with Gasteiger partial charge in [0, 0.05) is 15.8 Å². The Kier molecular flexibility index (Phi) is 3.98. The molecule has 2 aliphatic rings. The maximum Gasteiger partial charge on any atom is 0.337 e. The number of hydrogen-bond donors (Lipinski definition) is 3. The third kappa shape index (κ3) is 2.71. The fourth-order valence-corrected chi connectivity index (χ4v) is 5.74. The van der Waals surface area contributed by atoms with E-state index in [1.54, 1.807) is 11.3 Å². The molecule has 1 heterocycles. The molecule has 5 heteroatoms. The summed E-state index contributed by atoms with van der Waals surface area (Å²) in [5, 5.41) is 9.96. The molecule has 132 valence electrons. The SMILES string of the molecule is CC1(C)CCc2sc(-c3cccc4c3CC[C@H]4NN)c(C(=O)O)c2C1. The zero-order valence-electron chi connectivity index (χ0n) is 14.7. The molecule has 1 aromatic carbocycles. The Bertz CT molecular complexity index is 854. The van der Waals surface area contributed by atoms with Crippen molar-refractivity contribution in [1.29, 1.82) is 0 Å². The molecule has 0 radical (unpaired) electrons. The Morgan fingerprint density at radius 1 is 1.32 bits per heavy atom. The maximum atomic E-state index is 12.1. The Hall–Kier alpha value is -1.69. The van der Waals surface area contributed by atoms with Crippen LogP contribution in [0.25, 0.3) is 10.4 Å². The predicted octanol–water partition coefficient (Wildman–Crippen LogP) is 4.08. The first-order valence-electron chi connectivity index (χ1n) is 8.87. The summed E-state index contributed by atoms with van der Waals surface area (Å²) in [5.41, 5.74) is 8.20. The van der Waals surface area contributed by atoms with E-state index in [-0.39, 0.29) is 11.5 Å². The number of thiophene rings is 1. The van der Waals surface area contributed by atoms with Gasteiger partial charge in [0.1, 0.15) is 0 Å². The highest BCUT2D eigenvalue weighted by molar-refractivity contribution is 7.16. The molecular weight excluding hydrogens is 332 g/mol. The number of hydrazine groups is 1. The minimum Gasteiger partial charge on any atom is -0.478 e. The van der Waals surface area contributed by atoms with E-state index in [1.807, 2.05) is 6.07 Å². The van der Waals surface area contributed by atoms with Crippen molar-refractivity contribution in [1.82, 2.24) is 5.43 Å². The summed E-state index contributed by atoms with van der Waals surface area (Å²) in [4.78, 5) is 14.3. The van der Waals surface area contributed by atoms with Crippen LogP contribution in [0.2, 0.25) is 0 Å². The average Bonchev–Trinajstić information content (AvgIpc) is 3.14. The Morgan fingerprint density at radius 2 is 2.12 bits per heavy atom. The zero-order valence-corrected chi connectivity index (χ0v) is 15.5. The highest BCUT2D eigenvalue weighted by Crippen LogP contribution is 2.47. The minimum absolute atomic E-state index is 0.164. The maximum absolute atomic E-state index is 12.1. The molecule has 2 aromatic rings. The summed E-state index contributed by atoms with van der Waals surface area (Å²) in [6.45, 7) is 4.47. The number of carboxylic acids is 1. The molecule has 25 heavy (non-hydrogen) atoms. The molecule has 0 saturated heterocycles. The molecular formula is C20H24N2O2S. The van der Waals surface area contributed by atoms with Gasteiger partial charge in [-0.25, -0.2) is 4.79 Å².